The zero-order valence-electron chi connectivity index (χ0n) is 19.5. The standard InChI is InChI=1S/C25H29ClO8/c1-23(2)31-14-25(34-23,12-16(28)13-27)19-17(26)10-11-18-20(19)24(3,15-8-6-5-7-9-15)33-22(32-18)21(29)30-4/h5-11,16,22,27-28H,12-14H2,1-4H3. The molecule has 2 aromatic carbocycles. The molecule has 8 nitrogen and oxygen atoms in total. The highest BCUT2D eigenvalue weighted by Gasteiger charge is 2.54. The Kier molecular flexibility index (Phi) is 6.67. The van der Waals surface area contributed by atoms with Crippen molar-refractivity contribution < 1.29 is 38.7 Å². The number of carbonyl (C=O) groups is 1. The number of hydrogen-bond donors (Lipinski definition) is 2. The third kappa shape index (κ3) is 4.30. The van der Waals surface area contributed by atoms with Gasteiger partial charge in [-0.15, -0.1) is 0 Å². The molecule has 0 bridgehead atoms. The number of methoxy groups -OCH3 is 1. The zero-order valence-corrected chi connectivity index (χ0v) is 20.3. The lowest BCUT2D eigenvalue weighted by atomic mass is 9.76. The molecule has 2 aliphatic heterocycles. The Morgan fingerprint density at radius 3 is 2.47 bits per heavy atom. The van der Waals surface area contributed by atoms with E-state index in [1.54, 1.807) is 26.0 Å². The predicted molar refractivity (Wildman–Crippen MR) is 122 cm³/mol. The van der Waals surface area contributed by atoms with Gasteiger partial charge in [0.2, 0.25) is 0 Å². The maximum atomic E-state index is 12.4. The Labute approximate surface area is 203 Å². The number of halogens is 1. The maximum absolute atomic E-state index is 12.4. The van der Waals surface area contributed by atoms with Crippen molar-refractivity contribution in [1.29, 1.82) is 0 Å². The van der Waals surface area contributed by atoms with E-state index in [0.717, 1.165) is 5.56 Å². The second-order valence-corrected chi connectivity index (χ2v) is 9.52. The Bertz CT molecular complexity index is 1060. The summed E-state index contributed by atoms with van der Waals surface area (Å²) in [5, 5.41) is 20.4. The fourth-order valence-electron chi connectivity index (χ4n) is 4.74. The average molecular weight is 493 g/mol. The molecule has 2 aromatic rings. The third-order valence-electron chi connectivity index (χ3n) is 6.21. The monoisotopic (exact) mass is 492 g/mol. The van der Waals surface area contributed by atoms with Crippen LogP contribution in [0.5, 0.6) is 5.75 Å². The summed E-state index contributed by atoms with van der Waals surface area (Å²) < 4.78 is 29.4. The number of carbonyl (C=O) groups excluding carboxylic acids is 1. The summed E-state index contributed by atoms with van der Waals surface area (Å²) in [5.41, 5.74) is -0.652. The molecule has 2 aliphatic rings. The minimum Gasteiger partial charge on any atom is -0.464 e. The van der Waals surface area contributed by atoms with Gasteiger partial charge in [-0.3, -0.25) is 0 Å². The van der Waals surface area contributed by atoms with Crippen LogP contribution in [0.2, 0.25) is 5.02 Å². The molecule has 0 spiro atoms. The van der Waals surface area contributed by atoms with Gasteiger partial charge < -0.3 is 33.9 Å². The first-order chi connectivity index (χ1) is 16.0. The molecule has 0 amide bonds. The smallest absolute Gasteiger partial charge is 0.376 e. The van der Waals surface area contributed by atoms with Gasteiger partial charge in [-0.25, -0.2) is 4.79 Å². The van der Waals surface area contributed by atoms with Gasteiger partial charge in [0, 0.05) is 22.6 Å². The highest BCUT2D eigenvalue weighted by atomic mass is 35.5. The quantitative estimate of drug-likeness (QED) is 0.592. The number of hydrogen-bond acceptors (Lipinski definition) is 8. The largest absolute Gasteiger partial charge is 0.464 e. The maximum Gasteiger partial charge on any atom is 0.376 e. The first kappa shape index (κ1) is 24.9. The summed E-state index contributed by atoms with van der Waals surface area (Å²) in [5.74, 6) is -1.30. The number of ether oxygens (including phenoxy) is 5. The molecule has 4 unspecified atom stereocenters. The van der Waals surface area contributed by atoms with Crippen molar-refractivity contribution in [2.75, 3.05) is 20.3 Å². The van der Waals surface area contributed by atoms with E-state index in [9.17, 15) is 15.0 Å². The molecule has 2 heterocycles. The predicted octanol–water partition coefficient (Wildman–Crippen LogP) is 3.23. The van der Waals surface area contributed by atoms with Crippen LogP contribution in [0.3, 0.4) is 0 Å². The lowest BCUT2D eigenvalue weighted by Gasteiger charge is -2.44. The van der Waals surface area contributed by atoms with Gasteiger partial charge in [-0.05, 0) is 38.5 Å². The van der Waals surface area contributed by atoms with Crippen LogP contribution in [0.25, 0.3) is 0 Å². The van der Waals surface area contributed by atoms with Crippen molar-refractivity contribution in [3.05, 3.63) is 64.2 Å². The molecular weight excluding hydrogens is 464 g/mol. The Morgan fingerprint density at radius 1 is 1.18 bits per heavy atom. The Balaban J connectivity index is 1.99. The molecule has 0 aromatic heterocycles. The van der Waals surface area contributed by atoms with E-state index in [1.807, 2.05) is 37.3 Å². The summed E-state index contributed by atoms with van der Waals surface area (Å²) in [6.07, 6.45) is -2.40. The van der Waals surface area contributed by atoms with E-state index in [1.165, 1.54) is 7.11 Å². The molecule has 4 atom stereocenters. The molecule has 0 aliphatic carbocycles. The van der Waals surface area contributed by atoms with Crippen molar-refractivity contribution >= 4 is 17.6 Å². The molecule has 1 fully saturated rings. The first-order valence-electron chi connectivity index (χ1n) is 11.0. The second kappa shape index (κ2) is 9.11. The Hall–Kier alpha value is -2.20. The fraction of sp³-hybridized carbons (Fsp3) is 0.480. The van der Waals surface area contributed by atoms with E-state index >= 15 is 0 Å². The first-order valence-corrected chi connectivity index (χ1v) is 11.4. The van der Waals surface area contributed by atoms with Crippen LogP contribution in [-0.2, 0) is 34.9 Å². The average Bonchev–Trinajstić information content (AvgIpc) is 3.13. The van der Waals surface area contributed by atoms with Gasteiger partial charge in [0.15, 0.2) is 5.79 Å². The SMILES string of the molecule is COC(=O)C1Oc2ccc(Cl)c(C3(CC(O)CO)COC(C)(C)O3)c2C(C)(c2ccccc2)O1. The van der Waals surface area contributed by atoms with Crippen LogP contribution in [-0.4, -0.2) is 54.7 Å². The van der Waals surface area contributed by atoms with Gasteiger partial charge in [0.25, 0.3) is 0 Å². The van der Waals surface area contributed by atoms with Crippen LogP contribution in [0.1, 0.15) is 43.9 Å². The van der Waals surface area contributed by atoms with E-state index in [-0.39, 0.29) is 13.0 Å². The van der Waals surface area contributed by atoms with Crippen LogP contribution in [0, 0.1) is 0 Å². The van der Waals surface area contributed by atoms with Gasteiger partial charge in [0.05, 0.1) is 26.4 Å². The Morgan fingerprint density at radius 2 is 1.88 bits per heavy atom. The third-order valence-corrected chi connectivity index (χ3v) is 6.53. The van der Waals surface area contributed by atoms with E-state index in [2.05, 4.69) is 0 Å². The molecule has 1 saturated heterocycles. The molecule has 0 radical (unpaired) electrons. The topological polar surface area (TPSA) is 104 Å². The summed E-state index contributed by atoms with van der Waals surface area (Å²) in [4.78, 5) is 12.4. The highest BCUT2D eigenvalue weighted by molar-refractivity contribution is 6.31. The zero-order chi connectivity index (χ0) is 24.7. The highest BCUT2D eigenvalue weighted by Crippen LogP contribution is 2.54. The summed E-state index contributed by atoms with van der Waals surface area (Å²) in [7, 11) is 1.26. The molecule has 2 N–H and O–H groups in total. The number of esters is 1. The summed E-state index contributed by atoms with van der Waals surface area (Å²) in [6.45, 7) is 4.95. The van der Waals surface area contributed by atoms with E-state index in [4.69, 9.17) is 35.3 Å². The van der Waals surface area contributed by atoms with Crippen LogP contribution < -0.4 is 4.74 Å². The molecule has 34 heavy (non-hydrogen) atoms. The summed E-state index contributed by atoms with van der Waals surface area (Å²) in [6, 6.07) is 12.7. The van der Waals surface area contributed by atoms with Gasteiger partial charge in [-0.2, -0.15) is 0 Å². The molecule has 0 saturated carbocycles. The number of benzene rings is 2. The molecule has 9 heteroatoms. The molecule has 4 rings (SSSR count). The molecule has 184 valence electrons. The molecular formula is C25H29ClO8. The van der Waals surface area contributed by atoms with Crippen LogP contribution in [0.15, 0.2) is 42.5 Å². The lowest BCUT2D eigenvalue weighted by Crippen LogP contribution is -2.47. The minimum atomic E-state index is -1.31. The van der Waals surface area contributed by atoms with Gasteiger partial charge >= 0.3 is 12.3 Å². The number of rotatable bonds is 6. The van der Waals surface area contributed by atoms with Crippen molar-refractivity contribution in [1.82, 2.24) is 0 Å². The van der Waals surface area contributed by atoms with Crippen molar-refractivity contribution in [3.63, 3.8) is 0 Å². The minimum absolute atomic E-state index is 0.00834. The van der Waals surface area contributed by atoms with Crippen molar-refractivity contribution in [3.8, 4) is 5.75 Å². The number of fused-ring (bicyclic) bond motifs is 1. The normalized spacial score (nSPS) is 28.6. The van der Waals surface area contributed by atoms with Gasteiger partial charge in [0.1, 0.15) is 17.0 Å². The lowest BCUT2D eigenvalue weighted by molar-refractivity contribution is -0.205. The van der Waals surface area contributed by atoms with E-state index < -0.39 is 42.0 Å². The van der Waals surface area contributed by atoms with Crippen molar-refractivity contribution in [2.24, 2.45) is 0 Å². The van der Waals surface area contributed by atoms with Crippen LogP contribution >= 0.6 is 11.6 Å². The van der Waals surface area contributed by atoms with Crippen molar-refractivity contribution in [2.45, 2.75) is 56.6 Å². The van der Waals surface area contributed by atoms with Crippen LogP contribution in [0.4, 0.5) is 0 Å². The number of aliphatic hydroxyl groups excluding tert-OH is 2. The van der Waals surface area contributed by atoms with Gasteiger partial charge in [-0.1, -0.05) is 41.9 Å². The number of aliphatic hydroxyl groups is 2. The van der Waals surface area contributed by atoms with E-state index in [0.29, 0.717) is 21.9 Å². The fourth-order valence-corrected chi connectivity index (χ4v) is 5.07. The second-order valence-electron chi connectivity index (χ2n) is 9.11. The summed E-state index contributed by atoms with van der Waals surface area (Å²) >= 11 is 6.81.